The Morgan fingerprint density at radius 2 is 1.86 bits per heavy atom. The average molecular weight is 285 g/mol. The second-order valence-corrected chi connectivity index (χ2v) is 6.32. The lowest BCUT2D eigenvalue weighted by Gasteiger charge is -2.34. The summed E-state index contributed by atoms with van der Waals surface area (Å²) in [6.45, 7) is 7.42. The Bertz CT molecular complexity index is 574. The summed E-state index contributed by atoms with van der Waals surface area (Å²) in [7, 11) is 2.17. The van der Waals surface area contributed by atoms with Crippen molar-refractivity contribution in [2.24, 2.45) is 11.7 Å². The zero-order valence-electron chi connectivity index (χ0n) is 13.6. The maximum absolute atomic E-state index is 6.10. The van der Waals surface area contributed by atoms with Crippen molar-refractivity contribution in [1.29, 1.82) is 0 Å². The van der Waals surface area contributed by atoms with Crippen molar-refractivity contribution in [3.05, 3.63) is 42.1 Å². The molecule has 21 heavy (non-hydrogen) atoms. The fourth-order valence-corrected chi connectivity index (χ4v) is 3.07. The summed E-state index contributed by atoms with van der Waals surface area (Å²) in [5.41, 5.74) is 8.39. The van der Waals surface area contributed by atoms with E-state index in [2.05, 4.69) is 62.0 Å². The third-order valence-corrected chi connectivity index (χ3v) is 4.25. The molecule has 1 aromatic heterocycles. The molecule has 0 fully saturated rings. The van der Waals surface area contributed by atoms with Gasteiger partial charge in [-0.3, -0.25) is 9.88 Å². The molecule has 0 aliphatic carbocycles. The highest BCUT2D eigenvalue weighted by molar-refractivity contribution is 5.82. The Morgan fingerprint density at radius 3 is 2.52 bits per heavy atom. The number of hydrogen-bond donors (Lipinski definition) is 1. The lowest BCUT2D eigenvalue weighted by molar-refractivity contribution is 0.169. The Morgan fingerprint density at radius 1 is 1.14 bits per heavy atom. The van der Waals surface area contributed by atoms with Crippen molar-refractivity contribution in [2.75, 3.05) is 13.6 Å². The largest absolute Gasteiger partial charge is 0.329 e. The fourth-order valence-electron chi connectivity index (χ4n) is 3.07. The lowest BCUT2D eigenvalue weighted by atomic mass is 9.98. The molecule has 0 amide bonds. The highest BCUT2D eigenvalue weighted by Gasteiger charge is 2.22. The third kappa shape index (κ3) is 3.60. The Balaban J connectivity index is 2.35. The predicted octanol–water partition coefficient (Wildman–Crippen LogP) is 3.60. The molecule has 3 heteroatoms. The number of para-hydroxylation sites is 1. The van der Waals surface area contributed by atoms with E-state index >= 15 is 0 Å². The minimum absolute atomic E-state index is 0.206. The van der Waals surface area contributed by atoms with E-state index in [4.69, 9.17) is 5.73 Å². The van der Waals surface area contributed by atoms with Crippen LogP contribution in [0.3, 0.4) is 0 Å². The maximum Gasteiger partial charge on any atom is 0.0750 e. The molecule has 0 spiro atoms. The number of pyridine rings is 1. The van der Waals surface area contributed by atoms with E-state index in [0.717, 1.165) is 5.52 Å². The van der Waals surface area contributed by atoms with E-state index in [-0.39, 0.29) is 6.04 Å². The van der Waals surface area contributed by atoms with E-state index in [1.54, 1.807) is 0 Å². The van der Waals surface area contributed by atoms with Gasteiger partial charge in [0.2, 0.25) is 0 Å². The van der Waals surface area contributed by atoms with Crippen LogP contribution in [0.15, 0.2) is 36.5 Å². The molecular weight excluding hydrogens is 258 g/mol. The van der Waals surface area contributed by atoms with Crippen LogP contribution >= 0.6 is 0 Å². The summed E-state index contributed by atoms with van der Waals surface area (Å²) in [6.07, 6.45) is 3.03. The minimum atomic E-state index is 0.206. The molecule has 0 aliphatic heterocycles. The van der Waals surface area contributed by atoms with Crippen molar-refractivity contribution < 1.29 is 0 Å². The molecule has 2 unspecified atom stereocenters. The molecule has 3 nitrogen and oxygen atoms in total. The van der Waals surface area contributed by atoms with Crippen molar-refractivity contribution in [2.45, 2.75) is 39.3 Å². The molecule has 0 aliphatic rings. The van der Waals surface area contributed by atoms with Crippen LogP contribution in [0.4, 0.5) is 0 Å². The molecule has 0 radical (unpaired) electrons. The van der Waals surface area contributed by atoms with Crippen LogP contribution in [0.5, 0.6) is 0 Å². The topological polar surface area (TPSA) is 42.1 Å². The quantitative estimate of drug-likeness (QED) is 0.881. The summed E-state index contributed by atoms with van der Waals surface area (Å²) in [5.74, 6) is 0.687. The van der Waals surface area contributed by atoms with Gasteiger partial charge < -0.3 is 5.73 Å². The third-order valence-electron chi connectivity index (χ3n) is 4.25. The summed E-state index contributed by atoms with van der Waals surface area (Å²) in [6, 6.07) is 11.2. The monoisotopic (exact) mass is 285 g/mol. The number of hydrogen-bond acceptors (Lipinski definition) is 3. The Kier molecular flexibility index (Phi) is 5.32. The molecule has 0 saturated heterocycles. The highest BCUT2D eigenvalue weighted by Crippen LogP contribution is 2.28. The van der Waals surface area contributed by atoms with Gasteiger partial charge in [0.25, 0.3) is 0 Å². The van der Waals surface area contributed by atoms with Gasteiger partial charge in [0.15, 0.2) is 0 Å². The second kappa shape index (κ2) is 7.01. The standard InChI is InChI=1S/C18H27N3/c1-13(2)11-14(3)21(4)17(12-19)16-9-5-7-15-8-6-10-20-18(15)16/h5-10,13-14,17H,11-12,19H2,1-4H3. The first-order valence-electron chi connectivity index (χ1n) is 7.80. The van der Waals surface area contributed by atoms with Crippen molar-refractivity contribution in [3.8, 4) is 0 Å². The van der Waals surface area contributed by atoms with Gasteiger partial charge in [0.1, 0.15) is 0 Å². The van der Waals surface area contributed by atoms with Crippen molar-refractivity contribution in [1.82, 2.24) is 9.88 Å². The van der Waals surface area contributed by atoms with Gasteiger partial charge in [-0.1, -0.05) is 38.1 Å². The summed E-state index contributed by atoms with van der Waals surface area (Å²) < 4.78 is 0. The molecule has 0 saturated carbocycles. The molecule has 2 aromatic rings. The normalized spacial score (nSPS) is 14.8. The Labute approximate surface area is 128 Å². The molecule has 2 N–H and O–H groups in total. The lowest BCUT2D eigenvalue weighted by Crippen LogP contribution is -2.37. The van der Waals surface area contributed by atoms with E-state index < -0.39 is 0 Å². The van der Waals surface area contributed by atoms with Gasteiger partial charge in [-0.15, -0.1) is 0 Å². The van der Waals surface area contributed by atoms with Crippen LogP contribution in [0.25, 0.3) is 10.9 Å². The van der Waals surface area contributed by atoms with Crippen molar-refractivity contribution in [3.63, 3.8) is 0 Å². The van der Waals surface area contributed by atoms with E-state index in [9.17, 15) is 0 Å². The van der Waals surface area contributed by atoms with Crippen molar-refractivity contribution >= 4 is 10.9 Å². The second-order valence-electron chi connectivity index (χ2n) is 6.32. The van der Waals surface area contributed by atoms with E-state index in [1.165, 1.54) is 17.4 Å². The molecule has 2 rings (SSSR count). The average Bonchev–Trinajstić information content (AvgIpc) is 2.47. The molecule has 2 atom stereocenters. The van der Waals surface area contributed by atoms with Gasteiger partial charge in [-0.05, 0) is 37.9 Å². The molecule has 0 bridgehead atoms. The van der Waals surface area contributed by atoms with Gasteiger partial charge in [-0.25, -0.2) is 0 Å². The first-order valence-corrected chi connectivity index (χ1v) is 7.80. The van der Waals surface area contributed by atoms with Crippen LogP contribution < -0.4 is 5.73 Å². The fraction of sp³-hybridized carbons (Fsp3) is 0.500. The van der Waals surface area contributed by atoms with Crippen LogP contribution in [0.1, 0.15) is 38.8 Å². The van der Waals surface area contributed by atoms with E-state index in [1.807, 2.05) is 12.3 Å². The zero-order valence-corrected chi connectivity index (χ0v) is 13.6. The minimum Gasteiger partial charge on any atom is -0.329 e. The van der Waals surface area contributed by atoms with E-state index in [0.29, 0.717) is 18.5 Å². The van der Waals surface area contributed by atoms with Crippen LogP contribution in [0.2, 0.25) is 0 Å². The smallest absolute Gasteiger partial charge is 0.0750 e. The number of likely N-dealkylation sites (N-methyl/N-ethyl adjacent to an activating group) is 1. The zero-order chi connectivity index (χ0) is 15.4. The van der Waals surface area contributed by atoms with Gasteiger partial charge >= 0.3 is 0 Å². The van der Waals surface area contributed by atoms with Gasteiger partial charge in [0, 0.05) is 30.2 Å². The predicted molar refractivity (Wildman–Crippen MR) is 90.2 cm³/mol. The SMILES string of the molecule is CC(C)CC(C)N(C)C(CN)c1cccc2cccnc12. The van der Waals surface area contributed by atoms with Crippen LogP contribution in [-0.4, -0.2) is 29.5 Å². The molecule has 114 valence electrons. The summed E-state index contributed by atoms with van der Waals surface area (Å²) in [4.78, 5) is 6.96. The highest BCUT2D eigenvalue weighted by atomic mass is 15.2. The summed E-state index contributed by atoms with van der Waals surface area (Å²) in [5, 5.41) is 1.18. The number of benzene rings is 1. The van der Waals surface area contributed by atoms with Gasteiger partial charge in [0.05, 0.1) is 5.52 Å². The number of nitrogens with zero attached hydrogens (tertiary/aromatic N) is 2. The maximum atomic E-state index is 6.10. The molecular formula is C18H27N3. The molecule has 1 heterocycles. The van der Waals surface area contributed by atoms with Gasteiger partial charge in [-0.2, -0.15) is 0 Å². The first kappa shape index (κ1) is 15.9. The van der Waals surface area contributed by atoms with Crippen LogP contribution in [0, 0.1) is 5.92 Å². The molecule has 1 aromatic carbocycles. The number of fused-ring (bicyclic) bond motifs is 1. The van der Waals surface area contributed by atoms with Crippen LogP contribution in [-0.2, 0) is 0 Å². The number of rotatable bonds is 6. The number of nitrogens with two attached hydrogens (primary N) is 1. The summed E-state index contributed by atoms with van der Waals surface area (Å²) >= 11 is 0. The number of aromatic nitrogens is 1. The first-order chi connectivity index (χ1) is 10.0. The Hall–Kier alpha value is -1.45.